The number of carbonyl (C=O) groups excluding carboxylic acids is 1. The molecule has 0 unspecified atom stereocenters. The Balaban J connectivity index is 1.48. The fraction of sp³-hybridized carbons (Fsp3) is 0.435. The molecule has 1 fully saturated rings. The van der Waals surface area contributed by atoms with Crippen molar-refractivity contribution in [2.75, 3.05) is 52.3 Å². The van der Waals surface area contributed by atoms with Gasteiger partial charge < -0.3 is 24.6 Å². The van der Waals surface area contributed by atoms with Crippen molar-refractivity contribution in [1.82, 2.24) is 0 Å². The fourth-order valence-corrected chi connectivity index (χ4v) is 4.01. The summed E-state index contributed by atoms with van der Waals surface area (Å²) >= 11 is 0. The highest BCUT2D eigenvalue weighted by Crippen LogP contribution is 2.27. The molecule has 0 aliphatic carbocycles. The third-order valence-corrected chi connectivity index (χ3v) is 5.72. The van der Waals surface area contributed by atoms with Gasteiger partial charge in [0, 0.05) is 11.3 Å². The average Bonchev–Trinajstić information content (AvgIpc) is 2.72. The fourth-order valence-electron chi connectivity index (χ4n) is 4.01. The summed E-state index contributed by atoms with van der Waals surface area (Å²) in [4.78, 5) is 15.4. The smallest absolute Gasteiger partial charge is 0.279 e. The van der Waals surface area contributed by atoms with E-state index in [4.69, 9.17) is 9.47 Å². The molecule has 3 N–H and O–H groups in total. The van der Waals surface area contributed by atoms with E-state index < -0.39 is 0 Å². The zero-order valence-electron chi connectivity index (χ0n) is 17.9. The van der Waals surface area contributed by atoms with Gasteiger partial charge in [-0.15, -0.1) is 0 Å². The van der Waals surface area contributed by atoms with Gasteiger partial charge in [-0.25, -0.2) is 0 Å². The normalized spacial score (nSPS) is 18.9. The summed E-state index contributed by atoms with van der Waals surface area (Å²) in [5.74, 6) is 1.63. The van der Waals surface area contributed by atoms with Crippen molar-refractivity contribution >= 4 is 11.6 Å². The summed E-state index contributed by atoms with van der Waals surface area (Å²) in [6.07, 6.45) is 0. The highest BCUT2D eigenvalue weighted by Gasteiger charge is 2.25. The topological polar surface area (TPSA) is 56.4 Å². The number of ether oxygens (including phenoxy) is 2. The molecule has 1 aliphatic heterocycles. The monoisotopic (exact) mass is 399 g/mol. The minimum absolute atomic E-state index is 0.0979. The van der Waals surface area contributed by atoms with Crippen molar-refractivity contribution in [1.29, 1.82) is 0 Å². The van der Waals surface area contributed by atoms with Gasteiger partial charge in [-0.1, -0.05) is 18.2 Å². The van der Waals surface area contributed by atoms with Crippen LogP contribution in [0.25, 0.3) is 0 Å². The Morgan fingerprint density at radius 1 is 0.931 bits per heavy atom. The number of benzene rings is 2. The molecule has 156 valence electrons. The summed E-state index contributed by atoms with van der Waals surface area (Å²) in [7, 11) is 3.32. The molecule has 1 amide bonds. The Bertz CT molecular complexity index is 825. The van der Waals surface area contributed by atoms with Gasteiger partial charge in [-0.3, -0.25) is 4.79 Å². The van der Waals surface area contributed by atoms with Gasteiger partial charge in [0.1, 0.15) is 32.7 Å². The molecular weight excluding hydrogens is 366 g/mol. The van der Waals surface area contributed by atoms with Crippen molar-refractivity contribution in [2.24, 2.45) is 0 Å². The van der Waals surface area contributed by atoms with Gasteiger partial charge in [0.25, 0.3) is 5.91 Å². The third kappa shape index (κ3) is 5.49. The first-order valence-electron chi connectivity index (χ1n) is 10.2. The number of methoxy groups -OCH3 is 2. The second kappa shape index (κ2) is 9.76. The lowest BCUT2D eigenvalue weighted by molar-refractivity contribution is -1.02. The van der Waals surface area contributed by atoms with Crippen LogP contribution >= 0.6 is 0 Å². The number of nitrogens with one attached hydrogen (secondary N) is 3. The Morgan fingerprint density at radius 3 is 2.17 bits per heavy atom. The van der Waals surface area contributed by atoms with Crippen LogP contribution in [0.4, 0.5) is 5.69 Å². The second-order valence-corrected chi connectivity index (χ2v) is 7.86. The molecule has 1 saturated heterocycles. The lowest BCUT2D eigenvalue weighted by atomic mass is 10.1. The lowest BCUT2D eigenvalue weighted by Crippen LogP contribution is -3.28. The Morgan fingerprint density at radius 2 is 1.55 bits per heavy atom. The number of piperazine rings is 1. The molecule has 6 heteroatoms. The molecule has 0 radical (unpaired) electrons. The SMILES string of the molecule is COc1ccc(C[NH+]2CC[NH+](CC(=O)Nc3c(C)cccc3C)CC2)cc1OC. The number of carbonyl (C=O) groups is 1. The van der Waals surface area contributed by atoms with Crippen molar-refractivity contribution in [2.45, 2.75) is 20.4 Å². The van der Waals surface area contributed by atoms with Crippen molar-refractivity contribution in [3.63, 3.8) is 0 Å². The van der Waals surface area contributed by atoms with Crippen molar-refractivity contribution in [3.8, 4) is 11.5 Å². The van der Waals surface area contributed by atoms with E-state index in [-0.39, 0.29) is 5.91 Å². The van der Waals surface area contributed by atoms with Crippen LogP contribution in [0.5, 0.6) is 11.5 Å². The van der Waals surface area contributed by atoms with E-state index in [0.29, 0.717) is 6.54 Å². The first-order valence-corrected chi connectivity index (χ1v) is 10.2. The van der Waals surface area contributed by atoms with Gasteiger partial charge in [0.15, 0.2) is 18.0 Å². The molecule has 0 saturated carbocycles. The van der Waals surface area contributed by atoms with Gasteiger partial charge >= 0.3 is 0 Å². The summed E-state index contributed by atoms with van der Waals surface area (Å²) in [5.41, 5.74) is 4.42. The standard InChI is InChI=1S/C23H31N3O3/c1-17-6-5-7-18(2)23(17)24-22(27)16-26-12-10-25(11-13-26)15-19-8-9-20(28-3)21(14-19)29-4/h5-9,14H,10-13,15-16H2,1-4H3,(H,24,27)/p+2. The molecule has 0 spiro atoms. The predicted molar refractivity (Wildman–Crippen MR) is 114 cm³/mol. The second-order valence-electron chi connectivity index (χ2n) is 7.86. The molecule has 3 rings (SSSR count). The van der Waals surface area contributed by atoms with Gasteiger partial charge in [0.2, 0.25) is 0 Å². The minimum Gasteiger partial charge on any atom is -0.493 e. The van der Waals surface area contributed by atoms with Crippen LogP contribution in [0.15, 0.2) is 36.4 Å². The largest absolute Gasteiger partial charge is 0.493 e. The zero-order valence-corrected chi connectivity index (χ0v) is 17.9. The van der Waals surface area contributed by atoms with Crippen molar-refractivity contribution in [3.05, 3.63) is 53.1 Å². The van der Waals surface area contributed by atoms with Crippen LogP contribution in [-0.2, 0) is 11.3 Å². The zero-order chi connectivity index (χ0) is 20.8. The predicted octanol–water partition coefficient (Wildman–Crippen LogP) is 0.243. The molecule has 0 atom stereocenters. The van der Waals surface area contributed by atoms with Crippen LogP contribution in [-0.4, -0.2) is 52.9 Å². The van der Waals surface area contributed by atoms with E-state index in [9.17, 15) is 4.79 Å². The number of aryl methyl sites for hydroxylation is 2. The van der Waals surface area contributed by atoms with E-state index in [1.54, 1.807) is 14.2 Å². The Hall–Kier alpha value is -2.57. The van der Waals surface area contributed by atoms with Crippen LogP contribution in [0, 0.1) is 13.8 Å². The van der Waals surface area contributed by atoms with Gasteiger partial charge in [0.05, 0.1) is 14.2 Å². The summed E-state index contributed by atoms with van der Waals surface area (Å²) < 4.78 is 10.7. The maximum Gasteiger partial charge on any atom is 0.279 e. The first-order chi connectivity index (χ1) is 14.0. The summed E-state index contributed by atoms with van der Waals surface area (Å²) in [6.45, 7) is 9.67. The van der Waals surface area contributed by atoms with E-state index in [1.807, 2.05) is 38.1 Å². The molecule has 29 heavy (non-hydrogen) atoms. The maximum absolute atomic E-state index is 12.5. The van der Waals surface area contributed by atoms with Gasteiger partial charge in [-0.2, -0.15) is 0 Å². The van der Waals surface area contributed by atoms with E-state index in [1.165, 1.54) is 15.4 Å². The number of hydrogen-bond donors (Lipinski definition) is 3. The third-order valence-electron chi connectivity index (χ3n) is 5.72. The molecule has 2 aromatic carbocycles. The van der Waals surface area contributed by atoms with Crippen LogP contribution in [0.2, 0.25) is 0 Å². The molecule has 0 bridgehead atoms. The van der Waals surface area contributed by atoms with E-state index in [0.717, 1.165) is 61.0 Å². The summed E-state index contributed by atoms with van der Waals surface area (Å²) in [5, 5.41) is 3.11. The molecule has 6 nitrogen and oxygen atoms in total. The first kappa shape index (κ1) is 21.1. The molecule has 1 heterocycles. The molecule has 0 aromatic heterocycles. The van der Waals surface area contributed by atoms with Crippen LogP contribution < -0.4 is 24.6 Å². The molecule has 1 aliphatic rings. The highest BCUT2D eigenvalue weighted by molar-refractivity contribution is 5.93. The maximum atomic E-state index is 12.5. The minimum atomic E-state index is 0.0979. The van der Waals surface area contributed by atoms with E-state index in [2.05, 4.69) is 17.4 Å². The number of para-hydroxylation sites is 1. The van der Waals surface area contributed by atoms with Crippen LogP contribution in [0.3, 0.4) is 0 Å². The van der Waals surface area contributed by atoms with Crippen LogP contribution in [0.1, 0.15) is 16.7 Å². The number of anilines is 1. The number of amides is 1. The number of quaternary nitrogens is 2. The Kier molecular flexibility index (Phi) is 7.12. The van der Waals surface area contributed by atoms with Gasteiger partial charge in [-0.05, 0) is 43.2 Å². The quantitative estimate of drug-likeness (QED) is 0.625. The molecular formula is C23H33N3O3+2. The van der Waals surface area contributed by atoms with Crippen molar-refractivity contribution < 1.29 is 24.1 Å². The lowest BCUT2D eigenvalue weighted by Gasteiger charge is -2.29. The Labute approximate surface area is 173 Å². The average molecular weight is 400 g/mol. The number of hydrogen-bond acceptors (Lipinski definition) is 3. The highest BCUT2D eigenvalue weighted by atomic mass is 16.5. The number of rotatable bonds is 7. The van der Waals surface area contributed by atoms with E-state index >= 15 is 0 Å². The summed E-state index contributed by atoms with van der Waals surface area (Å²) in [6, 6.07) is 12.2. The molecule has 2 aromatic rings.